The Bertz CT molecular complexity index is 482. The normalized spacial score (nSPS) is 27.9. The van der Waals surface area contributed by atoms with Crippen LogP contribution < -0.4 is 5.32 Å². The van der Waals surface area contributed by atoms with Crippen molar-refractivity contribution in [3.05, 3.63) is 0 Å². The van der Waals surface area contributed by atoms with Crippen molar-refractivity contribution in [2.24, 2.45) is 11.8 Å². The molecule has 2 saturated heterocycles. The lowest BCUT2D eigenvalue weighted by Gasteiger charge is -2.39. The molecule has 3 fully saturated rings. The Morgan fingerprint density at radius 1 is 0.923 bits per heavy atom. The first-order chi connectivity index (χ1) is 12.5. The summed E-state index contributed by atoms with van der Waals surface area (Å²) in [5, 5.41) is 3.28. The number of carbonyl (C=O) groups is 2. The molecule has 0 aromatic heterocycles. The molecule has 3 aliphatic rings. The van der Waals surface area contributed by atoms with Crippen LogP contribution in [0, 0.1) is 11.8 Å². The van der Waals surface area contributed by atoms with Gasteiger partial charge in [-0.25, -0.2) is 0 Å². The molecule has 5 heteroatoms. The fourth-order valence-corrected chi connectivity index (χ4v) is 4.79. The van der Waals surface area contributed by atoms with Crippen LogP contribution in [0.2, 0.25) is 0 Å². The van der Waals surface area contributed by atoms with E-state index in [2.05, 4.69) is 17.1 Å². The molecule has 148 valence electrons. The maximum Gasteiger partial charge on any atom is 0.239 e. The fourth-order valence-electron chi connectivity index (χ4n) is 4.79. The first-order valence-electron chi connectivity index (χ1n) is 10.9. The second kappa shape index (κ2) is 9.20. The molecule has 2 amide bonds. The van der Waals surface area contributed by atoms with Gasteiger partial charge in [0.2, 0.25) is 11.8 Å². The van der Waals surface area contributed by atoms with Gasteiger partial charge in [0, 0.05) is 25.7 Å². The van der Waals surface area contributed by atoms with E-state index in [1.807, 2.05) is 11.8 Å². The highest BCUT2D eigenvalue weighted by molar-refractivity contribution is 5.82. The Labute approximate surface area is 158 Å². The van der Waals surface area contributed by atoms with Crippen molar-refractivity contribution in [1.82, 2.24) is 15.1 Å². The smallest absolute Gasteiger partial charge is 0.239 e. The van der Waals surface area contributed by atoms with Gasteiger partial charge in [-0.2, -0.15) is 0 Å². The molecule has 2 atom stereocenters. The molecule has 3 rings (SSSR count). The van der Waals surface area contributed by atoms with Crippen molar-refractivity contribution in [1.29, 1.82) is 0 Å². The van der Waals surface area contributed by atoms with Crippen LogP contribution in [0.1, 0.15) is 71.6 Å². The fraction of sp³-hybridized carbons (Fsp3) is 0.905. The number of nitrogens with one attached hydrogen (secondary N) is 1. The van der Waals surface area contributed by atoms with Gasteiger partial charge >= 0.3 is 0 Å². The summed E-state index contributed by atoms with van der Waals surface area (Å²) in [4.78, 5) is 29.9. The van der Waals surface area contributed by atoms with Crippen molar-refractivity contribution in [2.75, 3.05) is 26.2 Å². The minimum atomic E-state index is -0.103. The van der Waals surface area contributed by atoms with Gasteiger partial charge in [0.15, 0.2) is 0 Å². The second-order valence-electron chi connectivity index (χ2n) is 8.86. The zero-order valence-corrected chi connectivity index (χ0v) is 16.7. The molecule has 2 unspecified atom stereocenters. The predicted octanol–water partition coefficient (Wildman–Crippen LogP) is 2.79. The lowest BCUT2D eigenvalue weighted by molar-refractivity contribution is -0.140. The lowest BCUT2D eigenvalue weighted by Crippen LogP contribution is -2.54. The molecule has 0 bridgehead atoms. The minimum Gasteiger partial charge on any atom is -0.353 e. The molecular formula is C21H37N3O2. The second-order valence-corrected chi connectivity index (χ2v) is 8.86. The van der Waals surface area contributed by atoms with Crippen molar-refractivity contribution in [3.63, 3.8) is 0 Å². The van der Waals surface area contributed by atoms with Crippen LogP contribution in [0.15, 0.2) is 0 Å². The van der Waals surface area contributed by atoms with Crippen molar-refractivity contribution < 1.29 is 9.59 Å². The quantitative estimate of drug-likeness (QED) is 0.836. The van der Waals surface area contributed by atoms with Crippen LogP contribution in [-0.2, 0) is 9.59 Å². The maximum atomic E-state index is 12.9. The molecule has 0 spiro atoms. The van der Waals surface area contributed by atoms with Crippen LogP contribution >= 0.6 is 0 Å². The number of nitrogens with zero attached hydrogens (tertiary/aromatic N) is 2. The third-order valence-electron chi connectivity index (χ3n) is 6.78. The van der Waals surface area contributed by atoms with E-state index in [9.17, 15) is 9.59 Å². The molecule has 26 heavy (non-hydrogen) atoms. The average molecular weight is 364 g/mol. The summed E-state index contributed by atoms with van der Waals surface area (Å²) >= 11 is 0. The molecule has 0 aromatic rings. The maximum absolute atomic E-state index is 12.9. The third kappa shape index (κ3) is 4.99. The Kier molecular flexibility index (Phi) is 6.96. The summed E-state index contributed by atoms with van der Waals surface area (Å²) in [6, 6.07) is 0.273. The van der Waals surface area contributed by atoms with E-state index in [1.165, 1.54) is 19.3 Å². The summed E-state index contributed by atoms with van der Waals surface area (Å²) in [6.07, 6.45) is 10.2. The van der Waals surface area contributed by atoms with Gasteiger partial charge in [-0.05, 0) is 57.9 Å². The molecule has 1 aliphatic carbocycles. The lowest BCUT2D eigenvalue weighted by atomic mass is 9.92. The number of hydrogen-bond acceptors (Lipinski definition) is 3. The van der Waals surface area contributed by atoms with E-state index >= 15 is 0 Å². The van der Waals surface area contributed by atoms with E-state index in [4.69, 9.17) is 0 Å². The molecule has 5 nitrogen and oxygen atoms in total. The third-order valence-corrected chi connectivity index (χ3v) is 6.78. The Hall–Kier alpha value is -1.10. The van der Waals surface area contributed by atoms with E-state index in [0.717, 1.165) is 70.6 Å². The predicted molar refractivity (Wildman–Crippen MR) is 104 cm³/mol. The Morgan fingerprint density at radius 3 is 2.31 bits per heavy atom. The number of amides is 2. The van der Waals surface area contributed by atoms with Gasteiger partial charge in [-0.1, -0.05) is 26.2 Å². The highest BCUT2D eigenvalue weighted by atomic mass is 16.2. The van der Waals surface area contributed by atoms with Crippen molar-refractivity contribution in [3.8, 4) is 0 Å². The number of carbonyl (C=O) groups excluding carboxylic acids is 2. The molecule has 2 heterocycles. The average Bonchev–Trinajstić information content (AvgIpc) is 2.68. The van der Waals surface area contributed by atoms with E-state index in [-0.39, 0.29) is 23.8 Å². The van der Waals surface area contributed by atoms with Gasteiger partial charge in [0.05, 0.1) is 12.0 Å². The molecular weight excluding hydrogens is 326 g/mol. The Morgan fingerprint density at radius 2 is 1.62 bits per heavy atom. The summed E-state index contributed by atoms with van der Waals surface area (Å²) in [6.45, 7) is 7.75. The van der Waals surface area contributed by atoms with Crippen molar-refractivity contribution >= 4 is 11.8 Å². The topological polar surface area (TPSA) is 52.7 Å². The molecule has 0 aromatic carbocycles. The highest BCUT2D eigenvalue weighted by Gasteiger charge is 2.34. The Balaban J connectivity index is 1.50. The van der Waals surface area contributed by atoms with Crippen LogP contribution in [0.3, 0.4) is 0 Å². The molecule has 2 aliphatic heterocycles. The SMILES string of the molecule is CC1CCN(C(=O)C(C)N2CCCC(C(=O)NC3CCCCC3)C2)CC1. The van der Waals surface area contributed by atoms with Crippen LogP contribution in [0.4, 0.5) is 0 Å². The zero-order chi connectivity index (χ0) is 18.5. The summed E-state index contributed by atoms with van der Waals surface area (Å²) in [7, 11) is 0. The van der Waals surface area contributed by atoms with Gasteiger partial charge in [0.1, 0.15) is 0 Å². The van der Waals surface area contributed by atoms with Crippen molar-refractivity contribution in [2.45, 2.75) is 83.7 Å². The highest BCUT2D eigenvalue weighted by Crippen LogP contribution is 2.23. The number of hydrogen-bond donors (Lipinski definition) is 1. The summed E-state index contributed by atoms with van der Waals surface area (Å²) in [5.74, 6) is 1.25. The van der Waals surface area contributed by atoms with Gasteiger partial charge < -0.3 is 10.2 Å². The van der Waals surface area contributed by atoms with E-state index in [0.29, 0.717) is 6.04 Å². The first-order valence-corrected chi connectivity index (χ1v) is 10.9. The van der Waals surface area contributed by atoms with Crippen LogP contribution in [-0.4, -0.2) is 59.9 Å². The standard InChI is InChI=1S/C21H37N3O2/c1-16-10-13-23(14-11-16)21(26)17(2)24-12-6-7-18(15-24)20(25)22-19-8-4-3-5-9-19/h16-19H,3-15H2,1-2H3,(H,22,25). The number of rotatable bonds is 4. The van der Waals surface area contributed by atoms with Gasteiger partial charge in [0.25, 0.3) is 0 Å². The molecule has 0 radical (unpaired) electrons. The zero-order valence-electron chi connectivity index (χ0n) is 16.7. The minimum absolute atomic E-state index is 0.0438. The van der Waals surface area contributed by atoms with Crippen LogP contribution in [0.5, 0.6) is 0 Å². The summed E-state index contributed by atoms with van der Waals surface area (Å²) < 4.78 is 0. The van der Waals surface area contributed by atoms with Gasteiger partial charge in [-0.15, -0.1) is 0 Å². The van der Waals surface area contributed by atoms with E-state index < -0.39 is 0 Å². The largest absolute Gasteiger partial charge is 0.353 e. The number of likely N-dealkylation sites (tertiary alicyclic amines) is 2. The van der Waals surface area contributed by atoms with Gasteiger partial charge in [-0.3, -0.25) is 14.5 Å². The molecule has 1 N–H and O–H groups in total. The van der Waals surface area contributed by atoms with E-state index in [1.54, 1.807) is 0 Å². The van der Waals surface area contributed by atoms with Crippen LogP contribution in [0.25, 0.3) is 0 Å². The monoisotopic (exact) mass is 363 g/mol. The first kappa shape index (κ1) is 19.7. The summed E-state index contributed by atoms with van der Waals surface area (Å²) in [5.41, 5.74) is 0. The number of piperidine rings is 2. The molecule has 1 saturated carbocycles.